The van der Waals surface area contributed by atoms with Crippen LogP contribution < -0.4 is 0 Å². The summed E-state index contributed by atoms with van der Waals surface area (Å²) in [5.41, 5.74) is 0.268. The molecule has 1 aromatic carbocycles. The van der Waals surface area contributed by atoms with E-state index in [1.165, 1.54) is 18.4 Å². The van der Waals surface area contributed by atoms with Crippen molar-refractivity contribution in [2.75, 3.05) is 6.61 Å². The molecule has 0 spiro atoms. The first-order valence-electron chi connectivity index (χ1n) is 5.35. The number of phenols is 1. The fourth-order valence-electron chi connectivity index (χ4n) is 1.40. The smallest absolute Gasteiger partial charge is 0.338 e. The molecule has 5 heteroatoms. The van der Waals surface area contributed by atoms with Gasteiger partial charge in [0, 0.05) is 6.42 Å². The second kappa shape index (κ2) is 5.27. The van der Waals surface area contributed by atoms with E-state index in [-0.39, 0.29) is 23.7 Å². The molecule has 2 rings (SSSR count). The Balaban J connectivity index is 1.89. The molecule has 1 aliphatic heterocycles. The number of esters is 1. The van der Waals surface area contributed by atoms with Crippen LogP contribution in [0.25, 0.3) is 0 Å². The number of carbonyl (C=O) groups is 1. The molecule has 0 amide bonds. The number of aliphatic hydroxyl groups is 1. The third-order valence-corrected chi connectivity index (χ3v) is 2.31. The van der Waals surface area contributed by atoms with Crippen LogP contribution in [-0.2, 0) is 9.47 Å². The molecular formula is C13H12O5. The molecule has 1 aliphatic rings. The first-order valence-corrected chi connectivity index (χ1v) is 5.35. The van der Waals surface area contributed by atoms with Crippen molar-refractivity contribution in [1.82, 2.24) is 0 Å². The van der Waals surface area contributed by atoms with Gasteiger partial charge in [0.15, 0.2) is 0 Å². The molecule has 1 aromatic rings. The molecule has 5 nitrogen and oxygen atoms in total. The highest BCUT2D eigenvalue weighted by molar-refractivity contribution is 5.89. The molecule has 0 bridgehead atoms. The summed E-state index contributed by atoms with van der Waals surface area (Å²) in [6.45, 7) is -0.0156. The summed E-state index contributed by atoms with van der Waals surface area (Å²) in [6, 6.07) is 5.90. The second-order valence-electron chi connectivity index (χ2n) is 3.73. The average molecular weight is 248 g/mol. The summed E-state index contributed by atoms with van der Waals surface area (Å²) in [7, 11) is 0. The van der Waals surface area contributed by atoms with E-state index in [1.54, 1.807) is 18.2 Å². The summed E-state index contributed by atoms with van der Waals surface area (Å²) in [5.74, 6) is 0.0407. The minimum Gasteiger partial charge on any atom is -0.509 e. The van der Waals surface area contributed by atoms with Crippen LogP contribution in [0.1, 0.15) is 16.8 Å². The number of aliphatic hydroxyl groups excluding tert-OH is 1. The van der Waals surface area contributed by atoms with Crippen LogP contribution in [-0.4, -0.2) is 22.8 Å². The van der Waals surface area contributed by atoms with Crippen LogP contribution in [0, 0.1) is 0 Å². The van der Waals surface area contributed by atoms with Gasteiger partial charge < -0.3 is 19.7 Å². The minimum atomic E-state index is -0.547. The molecule has 0 aliphatic carbocycles. The standard InChI is InChI=1S/C13H12O5/c14-10-3-1-2-9(6-10)13(16)18-8-12-5-4-11(15)7-17-12/h1-3,5-7,14-15H,4,8H2. The number of benzene rings is 1. The van der Waals surface area contributed by atoms with Gasteiger partial charge in [-0.25, -0.2) is 4.79 Å². The SMILES string of the molecule is O=C(OCC1=CCC(O)=CO1)c1cccc(O)c1. The number of rotatable bonds is 3. The lowest BCUT2D eigenvalue weighted by Gasteiger charge is -2.12. The van der Waals surface area contributed by atoms with Crippen molar-refractivity contribution in [2.24, 2.45) is 0 Å². The maximum absolute atomic E-state index is 11.6. The first-order chi connectivity index (χ1) is 8.65. The van der Waals surface area contributed by atoms with Gasteiger partial charge in [0.1, 0.15) is 30.1 Å². The Morgan fingerprint density at radius 1 is 1.39 bits per heavy atom. The number of phenolic OH excluding ortho intramolecular Hbond substituents is 1. The Hall–Kier alpha value is -2.43. The van der Waals surface area contributed by atoms with Crippen LogP contribution in [0.3, 0.4) is 0 Å². The molecular weight excluding hydrogens is 236 g/mol. The van der Waals surface area contributed by atoms with Gasteiger partial charge in [0.25, 0.3) is 0 Å². The third-order valence-electron chi connectivity index (χ3n) is 2.31. The normalized spacial score (nSPS) is 14.2. The maximum atomic E-state index is 11.6. The van der Waals surface area contributed by atoms with Crippen LogP contribution in [0.4, 0.5) is 0 Å². The molecule has 0 atom stereocenters. The Morgan fingerprint density at radius 3 is 2.89 bits per heavy atom. The number of aromatic hydroxyl groups is 1. The lowest BCUT2D eigenvalue weighted by molar-refractivity contribution is 0.0491. The highest BCUT2D eigenvalue weighted by Gasteiger charge is 2.11. The minimum absolute atomic E-state index is 0.00503. The van der Waals surface area contributed by atoms with Gasteiger partial charge in [-0.15, -0.1) is 0 Å². The van der Waals surface area contributed by atoms with Gasteiger partial charge >= 0.3 is 5.97 Å². The first kappa shape index (κ1) is 12.0. The average Bonchev–Trinajstić information content (AvgIpc) is 2.38. The van der Waals surface area contributed by atoms with Gasteiger partial charge in [0.05, 0.1) is 5.56 Å². The fraction of sp³-hybridized carbons (Fsp3) is 0.154. The van der Waals surface area contributed by atoms with Gasteiger partial charge in [-0.1, -0.05) is 6.07 Å². The molecule has 0 aromatic heterocycles. The van der Waals surface area contributed by atoms with Gasteiger partial charge in [-0.3, -0.25) is 0 Å². The number of hydrogen-bond donors (Lipinski definition) is 2. The molecule has 18 heavy (non-hydrogen) atoms. The van der Waals surface area contributed by atoms with Gasteiger partial charge in [0.2, 0.25) is 0 Å². The molecule has 2 N–H and O–H groups in total. The van der Waals surface area contributed by atoms with Crippen LogP contribution in [0.5, 0.6) is 5.75 Å². The number of allylic oxidation sites excluding steroid dienone is 1. The van der Waals surface area contributed by atoms with Gasteiger partial charge in [-0.2, -0.15) is 0 Å². The van der Waals surface area contributed by atoms with E-state index >= 15 is 0 Å². The zero-order valence-corrected chi connectivity index (χ0v) is 9.50. The largest absolute Gasteiger partial charge is 0.509 e. The van der Waals surface area contributed by atoms with Crippen molar-refractivity contribution in [3.05, 3.63) is 53.7 Å². The van der Waals surface area contributed by atoms with Gasteiger partial charge in [-0.05, 0) is 24.3 Å². The topological polar surface area (TPSA) is 76.0 Å². The quantitative estimate of drug-likeness (QED) is 0.802. The summed E-state index contributed by atoms with van der Waals surface area (Å²) in [6.07, 6.45) is 3.20. The predicted octanol–water partition coefficient (Wildman–Crippen LogP) is 2.25. The molecule has 0 fully saturated rings. The number of carbonyl (C=O) groups excluding carboxylic acids is 1. The second-order valence-corrected chi connectivity index (χ2v) is 3.73. The van der Waals surface area contributed by atoms with Crippen molar-refractivity contribution < 1.29 is 24.5 Å². The summed E-state index contributed by atoms with van der Waals surface area (Å²) in [5, 5.41) is 18.3. The van der Waals surface area contributed by atoms with Crippen molar-refractivity contribution in [2.45, 2.75) is 6.42 Å². The van der Waals surface area contributed by atoms with Crippen molar-refractivity contribution in [3.8, 4) is 5.75 Å². The molecule has 94 valence electrons. The molecule has 0 saturated carbocycles. The Morgan fingerprint density at radius 2 is 2.22 bits per heavy atom. The van der Waals surface area contributed by atoms with E-state index in [2.05, 4.69) is 0 Å². The van der Waals surface area contributed by atoms with E-state index in [0.717, 1.165) is 0 Å². The summed E-state index contributed by atoms with van der Waals surface area (Å²) < 4.78 is 10.0. The van der Waals surface area contributed by atoms with Crippen LogP contribution >= 0.6 is 0 Å². The number of ether oxygens (including phenoxy) is 2. The lowest BCUT2D eigenvalue weighted by Crippen LogP contribution is -2.10. The predicted molar refractivity (Wildman–Crippen MR) is 62.9 cm³/mol. The maximum Gasteiger partial charge on any atom is 0.338 e. The summed E-state index contributed by atoms with van der Waals surface area (Å²) in [4.78, 5) is 11.6. The van der Waals surface area contributed by atoms with E-state index < -0.39 is 5.97 Å². The van der Waals surface area contributed by atoms with Crippen molar-refractivity contribution in [1.29, 1.82) is 0 Å². The monoisotopic (exact) mass is 248 g/mol. The van der Waals surface area contributed by atoms with Crippen molar-refractivity contribution in [3.63, 3.8) is 0 Å². The van der Waals surface area contributed by atoms with Crippen molar-refractivity contribution >= 4 is 5.97 Å². The van der Waals surface area contributed by atoms with E-state index in [0.29, 0.717) is 12.2 Å². The highest BCUT2D eigenvalue weighted by atomic mass is 16.6. The van der Waals surface area contributed by atoms with Crippen LogP contribution in [0.2, 0.25) is 0 Å². The van der Waals surface area contributed by atoms with E-state index in [4.69, 9.17) is 14.6 Å². The molecule has 0 saturated heterocycles. The number of hydrogen-bond acceptors (Lipinski definition) is 5. The zero-order valence-electron chi connectivity index (χ0n) is 9.50. The van der Waals surface area contributed by atoms with E-state index in [1.807, 2.05) is 0 Å². The van der Waals surface area contributed by atoms with Crippen LogP contribution in [0.15, 0.2) is 48.1 Å². The zero-order chi connectivity index (χ0) is 13.0. The Bertz CT molecular complexity index is 516. The highest BCUT2D eigenvalue weighted by Crippen LogP contribution is 2.15. The molecule has 0 unspecified atom stereocenters. The summed E-state index contributed by atoms with van der Waals surface area (Å²) >= 11 is 0. The van der Waals surface area contributed by atoms with E-state index in [9.17, 15) is 9.90 Å². The molecule has 0 radical (unpaired) electrons. The fourth-order valence-corrected chi connectivity index (χ4v) is 1.40. The molecule has 1 heterocycles. The lowest BCUT2D eigenvalue weighted by atomic mass is 10.2. The Labute approximate surface area is 104 Å². The third kappa shape index (κ3) is 3.04. The Kier molecular flexibility index (Phi) is 3.52.